The highest BCUT2D eigenvalue weighted by atomic mass is 32.2. The highest BCUT2D eigenvalue weighted by Crippen LogP contribution is 2.23. The maximum absolute atomic E-state index is 12.2. The molecule has 0 saturated carbocycles. The second-order valence-electron chi connectivity index (χ2n) is 5.95. The number of anilines is 2. The van der Waals surface area contributed by atoms with Gasteiger partial charge in [-0.15, -0.1) is 0 Å². The summed E-state index contributed by atoms with van der Waals surface area (Å²) in [5.41, 5.74) is 0.317. The van der Waals surface area contributed by atoms with Crippen molar-refractivity contribution in [2.75, 3.05) is 30.0 Å². The van der Waals surface area contributed by atoms with Crippen LogP contribution in [0.1, 0.15) is 12.8 Å². The number of halogens is 3. The van der Waals surface area contributed by atoms with E-state index in [1.807, 2.05) is 0 Å². The van der Waals surface area contributed by atoms with Crippen LogP contribution in [0.5, 0.6) is 0 Å². The zero-order chi connectivity index (χ0) is 19.5. The Morgan fingerprint density at radius 3 is 1.92 bits per heavy atom. The molecule has 0 aromatic heterocycles. The zero-order valence-corrected chi connectivity index (χ0v) is 14.7. The van der Waals surface area contributed by atoms with Crippen molar-refractivity contribution in [3.8, 4) is 0 Å². The normalized spacial score (nSPS) is 16.9. The van der Waals surface area contributed by atoms with E-state index in [2.05, 4.69) is 5.32 Å². The summed E-state index contributed by atoms with van der Waals surface area (Å²) in [5.74, 6) is -2.71. The monoisotopic (exact) mass is 393 g/mol. The number of sulfonamides is 1. The van der Waals surface area contributed by atoms with Crippen LogP contribution in [-0.2, 0) is 19.6 Å². The molecule has 1 aromatic carbocycles. The van der Waals surface area contributed by atoms with E-state index < -0.39 is 22.1 Å². The summed E-state index contributed by atoms with van der Waals surface area (Å²) < 4.78 is 60.8. The van der Waals surface area contributed by atoms with Crippen molar-refractivity contribution in [1.29, 1.82) is 0 Å². The third kappa shape index (κ3) is 5.43. The molecule has 1 heterocycles. The van der Waals surface area contributed by atoms with Gasteiger partial charge in [0.2, 0.25) is 15.9 Å². The Morgan fingerprint density at radius 1 is 1.04 bits per heavy atom. The molecule has 7 nitrogen and oxygen atoms in total. The van der Waals surface area contributed by atoms with Gasteiger partial charge in [-0.2, -0.15) is 13.2 Å². The Bertz CT molecular complexity index is 770. The minimum Gasteiger partial charge on any atom is -0.326 e. The van der Waals surface area contributed by atoms with Gasteiger partial charge in [0.25, 0.3) is 0 Å². The molecule has 11 heteroatoms. The highest BCUT2D eigenvalue weighted by Gasteiger charge is 2.38. The third-order valence-corrected chi connectivity index (χ3v) is 5.26. The van der Waals surface area contributed by atoms with E-state index in [1.54, 1.807) is 5.32 Å². The molecule has 1 aromatic rings. The molecule has 0 spiro atoms. The van der Waals surface area contributed by atoms with Gasteiger partial charge in [0.15, 0.2) is 0 Å². The van der Waals surface area contributed by atoms with Gasteiger partial charge in [-0.1, -0.05) is 0 Å². The SMILES string of the molecule is CS(=O)(=O)N1CCC(C(=O)Nc2ccc(NC(=O)C(F)(F)F)cc2)CC1. The summed E-state index contributed by atoms with van der Waals surface area (Å²) in [6.07, 6.45) is -3.09. The van der Waals surface area contributed by atoms with Crippen molar-refractivity contribution in [3.05, 3.63) is 24.3 Å². The predicted molar refractivity (Wildman–Crippen MR) is 88.9 cm³/mol. The van der Waals surface area contributed by atoms with Gasteiger partial charge in [0.1, 0.15) is 0 Å². The molecule has 1 aliphatic heterocycles. The topological polar surface area (TPSA) is 95.6 Å². The summed E-state index contributed by atoms with van der Waals surface area (Å²) in [6.45, 7) is 0.526. The number of piperidine rings is 1. The molecule has 0 atom stereocenters. The van der Waals surface area contributed by atoms with Crippen LogP contribution in [-0.4, -0.2) is 50.1 Å². The Labute approximate surface area is 148 Å². The number of benzene rings is 1. The van der Waals surface area contributed by atoms with Crippen LogP contribution in [0.3, 0.4) is 0 Å². The number of carbonyl (C=O) groups is 2. The van der Waals surface area contributed by atoms with Crippen molar-refractivity contribution in [2.24, 2.45) is 5.92 Å². The molecule has 1 saturated heterocycles. The standard InChI is InChI=1S/C15H18F3N3O4S/c1-26(24,25)21-8-6-10(7-9-21)13(22)19-11-2-4-12(5-3-11)20-14(23)15(16,17)18/h2-5,10H,6-9H2,1H3,(H,19,22)(H,20,23). The lowest BCUT2D eigenvalue weighted by molar-refractivity contribution is -0.167. The first kappa shape index (κ1) is 20.2. The number of alkyl halides is 3. The lowest BCUT2D eigenvalue weighted by Gasteiger charge is -2.29. The number of rotatable bonds is 4. The number of nitrogens with zero attached hydrogens (tertiary/aromatic N) is 1. The predicted octanol–water partition coefficient (Wildman–Crippen LogP) is 1.80. The first-order chi connectivity index (χ1) is 12.0. The Balaban J connectivity index is 1.89. The number of nitrogens with one attached hydrogen (secondary N) is 2. The van der Waals surface area contributed by atoms with Gasteiger partial charge in [-0.25, -0.2) is 12.7 Å². The average Bonchev–Trinajstić information content (AvgIpc) is 2.55. The summed E-state index contributed by atoms with van der Waals surface area (Å²) in [7, 11) is -3.27. The second kappa shape index (κ2) is 7.62. The Hall–Kier alpha value is -2.14. The van der Waals surface area contributed by atoms with Crippen LogP contribution in [0, 0.1) is 5.92 Å². The molecule has 0 unspecified atom stereocenters. The minimum atomic E-state index is -4.98. The Kier molecular flexibility index (Phi) is 5.91. The molecule has 0 aliphatic carbocycles. The molecule has 1 aliphatic rings. The van der Waals surface area contributed by atoms with E-state index in [0.29, 0.717) is 18.5 Å². The van der Waals surface area contributed by atoms with Gasteiger partial charge in [0.05, 0.1) is 6.26 Å². The van der Waals surface area contributed by atoms with E-state index in [-0.39, 0.29) is 30.6 Å². The van der Waals surface area contributed by atoms with E-state index in [1.165, 1.54) is 28.6 Å². The zero-order valence-electron chi connectivity index (χ0n) is 13.8. The molecule has 0 radical (unpaired) electrons. The van der Waals surface area contributed by atoms with E-state index >= 15 is 0 Å². The molecular weight excluding hydrogens is 375 g/mol. The third-order valence-electron chi connectivity index (χ3n) is 3.96. The maximum atomic E-state index is 12.2. The largest absolute Gasteiger partial charge is 0.471 e. The summed E-state index contributed by atoms with van der Waals surface area (Å²) in [6, 6.07) is 5.22. The lowest BCUT2D eigenvalue weighted by atomic mass is 9.97. The number of amides is 2. The van der Waals surface area contributed by atoms with Crippen LogP contribution in [0.25, 0.3) is 0 Å². The second-order valence-corrected chi connectivity index (χ2v) is 7.94. The summed E-state index contributed by atoms with van der Waals surface area (Å²) in [5, 5.41) is 4.34. The smallest absolute Gasteiger partial charge is 0.326 e. The fourth-order valence-corrected chi connectivity index (χ4v) is 3.41. The first-order valence-corrected chi connectivity index (χ1v) is 9.56. The van der Waals surface area contributed by atoms with Gasteiger partial charge < -0.3 is 10.6 Å². The number of hydrogen-bond acceptors (Lipinski definition) is 4. The molecular formula is C15H18F3N3O4S. The van der Waals surface area contributed by atoms with Gasteiger partial charge in [-0.05, 0) is 37.1 Å². The number of carbonyl (C=O) groups excluding carboxylic acids is 2. The molecule has 2 rings (SSSR count). The maximum Gasteiger partial charge on any atom is 0.471 e. The molecule has 2 N–H and O–H groups in total. The van der Waals surface area contributed by atoms with Crippen LogP contribution in [0.4, 0.5) is 24.5 Å². The minimum absolute atomic E-state index is 0.0493. The quantitative estimate of drug-likeness (QED) is 0.815. The summed E-state index contributed by atoms with van der Waals surface area (Å²) in [4.78, 5) is 23.1. The van der Waals surface area contributed by atoms with E-state index in [0.717, 1.165) is 6.26 Å². The number of hydrogen-bond donors (Lipinski definition) is 2. The van der Waals surface area contributed by atoms with Gasteiger partial charge >= 0.3 is 12.1 Å². The van der Waals surface area contributed by atoms with E-state index in [4.69, 9.17) is 0 Å². The van der Waals surface area contributed by atoms with Crippen LogP contribution in [0.2, 0.25) is 0 Å². The molecule has 0 bridgehead atoms. The Morgan fingerprint density at radius 2 is 1.50 bits per heavy atom. The average molecular weight is 393 g/mol. The van der Waals surface area contributed by atoms with Crippen molar-refractivity contribution in [2.45, 2.75) is 19.0 Å². The lowest BCUT2D eigenvalue weighted by Crippen LogP contribution is -2.40. The van der Waals surface area contributed by atoms with Crippen LogP contribution < -0.4 is 10.6 Å². The molecule has 1 fully saturated rings. The van der Waals surface area contributed by atoms with Crippen molar-refractivity contribution < 1.29 is 31.2 Å². The van der Waals surface area contributed by atoms with Crippen LogP contribution in [0.15, 0.2) is 24.3 Å². The van der Waals surface area contributed by atoms with Crippen molar-refractivity contribution in [1.82, 2.24) is 4.31 Å². The van der Waals surface area contributed by atoms with Gasteiger partial charge in [-0.3, -0.25) is 9.59 Å². The van der Waals surface area contributed by atoms with E-state index in [9.17, 15) is 31.2 Å². The first-order valence-electron chi connectivity index (χ1n) is 7.71. The highest BCUT2D eigenvalue weighted by molar-refractivity contribution is 7.88. The molecule has 2 amide bonds. The van der Waals surface area contributed by atoms with Crippen molar-refractivity contribution in [3.63, 3.8) is 0 Å². The van der Waals surface area contributed by atoms with Gasteiger partial charge in [0, 0.05) is 30.4 Å². The summed E-state index contributed by atoms with van der Waals surface area (Å²) >= 11 is 0. The fourth-order valence-electron chi connectivity index (χ4n) is 2.53. The molecule has 144 valence electrons. The van der Waals surface area contributed by atoms with Crippen LogP contribution >= 0.6 is 0 Å². The molecule has 26 heavy (non-hydrogen) atoms. The fraction of sp³-hybridized carbons (Fsp3) is 0.467. The van der Waals surface area contributed by atoms with Crippen molar-refractivity contribution >= 4 is 33.2 Å².